The van der Waals surface area contributed by atoms with Gasteiger partial charge in [-0.05, 0) is 76.8 Å². The maximum atomic E-state index is 12.9. The standard InChI is InChI=1S/C26H24BrNO5S/c1-3-31-22-15-17(14-20(27)24(22)32-4-2)16-23-25(29)28(26(30)34-23)12-13-33-21-11-7-9-18-8-5-6-10-19(18)21/h5-11,14-16H,3-4,12-13H2,1-2H3/b23-16-. The van der Waals surface area contributed by atoms with E-state index in [2.05, 4.69) is 15.9 Å². The second-order valence-corrected chi connectivity index (χ2v) is 9.20. The Labute approximate surface area is 211 Å². The summed E-state index contributed by atoms with van der Waals surface area (Å²) in [6, 6.07) is 17.4. The fourth-order valence-corrected chi connectivity index (χ4v) is 5.07. The van der Waals surface area contributed by atoms with Crippen LogP contribution in [0.25, 0.3) is 16.8 Å². The van der Waals surface area contributed by atoms with Crippen LogP contribution in [-0.2, 0) is 4.79 Å². The van der Waals surface area contributed by atoms with Gasteiger partial charge in [-0.2, -0.15) is 0 Å². The third-order valence-corrected chi connectivity index (χ3v) is 6.61. The van der Waals surface area contributed by atoms with Crippen LogP contribution < -0.4 is 14.2 Å². The largest absolute Gasteiger partial charge is 0.491 e. The molecule has 0 spiro atoms. The lowest BCUT2D eigenvalue weighted by atomic mass is 10.1. The molecule has 0 saturated carbocycles. The van der Waals surface area contributed by atoms with Crippen LogP contribution in [0.2, 0.25) is 0 Å². The lowest BCUT2D eigenvalue weighted by molar-refractivity contribution is -0.123. The highest BCUT2D eigenvalue weighted by atomic mass is 79.9. The zero-order valence-corrected chi connectivity index (χ0v) is 21.3. The van der Waals surface area contributed by atoms with Crippen LogP contribution in [0, 0.1) is 0 Å². The first-order valence-electron chi connectivity index (χ1n) is 11.0. The fourth-order valence-electron chi connectivity index (χ4n) is 3.63. The van der Waals surface area contributed by atoms with Crippen molar-refractivity contribution in [3.8, 4) is 17.2 Å². The molecule has 0 aliphatic carbocycles. The molecule has 0 radical (unpaired) electrons. The van der Waals surface area contributed by atoms with E-state index in [9.17, 15) is 9.59 Å². The summed E-state index contributed by atoms with van der Waals surface area (Å²) in [6.45, 7) is 5.14. The Kier molecular flexibility index (Phi) is 7.80. The second-order valence-electron chi connectivity index (χ2n) is 7.36. The Morgan fingerprint density at radius 2 is 1.71 bits per heavy atom. The van der Waals surface area contributed by atoms with Crippen molar-refractivity contribution in [3.63, 3.8) is 0 Å². The Bertz CT molecular complexity index is 1250. The van der Waals surface area contributed by atoms with Crippen molar-refractivity contribution in [1.29, 1.82) is 0 Å². The maximum Gasteiger partial charge on any atom is 0.293 e. The number of hydrogen-bond acceptors (Lipinski definition) is 6. The average Bonchev–Trinajstić information content (AvgIpc) is 3.09. The molecule has 3 aromatic carbocycles. The molecule has 6 nitrogen and oxygen atoms in total. The van der Waals surface area contributed by atoms with Crippen LogP contribution in [-0.4, -0.2) is 42.4 Å². The number of benzene rings is 3. The Hall–Kier alpha value is -2.97. The van der Waals surface area contributed by atoms with E-state index < -0.39 is 0 Å². The van der Waals surface area contributed by atoms with Crippen molar-refractivity contribution in [2.24, 2.45) is 0 Å². The number of fused-ring (bicyclic) bond motifs is 1. The highest BCUT2D eigenvalue weighted by Crippen LogP contribution is 2.39. The molecule has 0 unspecified atom stereocenters. The van der Waals surface area contributed by atoms with Gasteiger partial charge in [-0.3, -0.25) is 14.5 Å². The van der Waals surface area contributed by atoms with Gasteiger partial charge in [0.15, 0.2) is 11.5 Å². The minimum Gasteiger partial charge on any atom is -0.491 e. The van der Waals surface area contributed by atoms with Crippen LogP contribution in [0.15, 0.2) is 64.0 Å². The van der Waals surface area contributed by atoms with Crippen molar-refractivity contribution < 1.29 is 23.8 Å². The minimum absolute atomic E-state index is 0.169. The van der Waals surface area contributed by atoms with Crippen molar-refractivity contribution in [3.05, 3.63) is 69.5 Å². The molecule has 1 aliphatic rings. The zero-order valence-electron chi connectivity index (χ0n) is 18.9. The van der Waals surface area contributed by atoms with E-state index in [0.717, 1.165) is 33.8 Å². The number of amides is 2. The molecule has 176 valence electrons. The molecule has 0 N–H and O–H groups in total. The molecular formula is C26H24BrNO5S. The lowest BCUT2D eigenvalue weighted by Gasteiger charge is -2.14. The number of carbonyl (C=O) groups excluding carboxylic acids is 2. The van der Waals surface area contributed by atoms with Gasteiger partial charge in [-0.1, -0.05) is 36.4 Å². The molecule has 1 fully saturated rings. The van der Waals surface area contributed by atoms with Gasteiger partial charge in [-0.25, -0.2) is 0 Å². The number of hydrogen-bond donors (Lipinski definition) is 0. The van der Waals surface area contributed by atoms with Gasteiger partial charge in [0, 0.05) is 5.39 Å². The van der Waals surface area contributed by atoms with Crippen LogP contribution in [0.4, 0.5) is 4.79 Å². The molecule has 34 heavy (non-hydrogen) atoms. The Morgan fingerprint density at radius 1 is 0.941 bits per heavy atom. The maximum absolute atomic E-state index is 12.9. The number of thioether (sulfide) groups is 1. The number of halogens is 1. The van der Waals surface area contributed by atoms with E-state index in [1.165, 1.54) is 4.90 Å². The third kappa shape index (κ3) is 5.23. The van der Waals surface area contributed by atoms with E-state index in [0.29, 0.717) is 34.1 Å². The summed E-state index contributed by atoms with van der Waals surface area (Å²) in [7, 11) is 0. The topological polar surface area (TPSA) is 65.1 Å². The van der Waals surface area contributed by atoms with Crippen LogP contribution >= 0.6 is 27.7 Å². The summed E-state index contributed by atoms with van der Waals surface area (Å²) >= 11 is 4.43. The second kappa shape index (κ2) is 11.0. The Balaban J connectivity index is 1.47. The quantitative estimate of drug-likeness (QED) is 0.287. The van der Waals surface area contributed by atoms with Crippen molar-refractivity contribution in [2.75, 3.05) is 26.4 Å². The van der Waals surface area contributed by atoms with E-state index in [4.69, 9.17) is 14.2 Å². The molecule has 3 aromatic rings. The summed E-state index contributed by atoms with van der Waals surface area (Å²) in [6.07, 6.45) is 1.69. The van der Waals surface area contributed by atoms with Gasteiger partial charge < -0.3 is 14.2 Å². The number of carbonyl (C=O) groups is 2. The Morgan fingerprint density at radius 3 is 2.50 bits per heavy atom. The summed E-state index contributed by atoms with van der Waals surface area (Å²) in [5.41, 5.74) is 0.733. The van der Waals surface area contributed by atoms with E-state index in [1.54, 1.807) is 12.1 Å². The summed E-state index contributed by atoms with van der Waals surface area (Å²) in [5, 5.41) is 1.75. The van der Waals surface area contributed by atoms with Crippen molar-refractivity contribution in [2.45, 2.75) is 13.8 Å². The molecule has 1 aliphatic heterocycles. The van der Waals surface area contributed by atoms with Gasteiger partial charge in [-0.15, -0.1) is 0 Å². The molecule has 1 saturated heterocycles. The molecule has 0 atom stereocenters. The summed E-state index contributed by atoms with van der Waals surface area (Å²) < 4.78 is 18.0. The van der Waals surface area contributed by atoms with Gasteiger partial charge in [0.05, 0.1) is 29.1 Å². The molecule has 0 aromatic heterocycles. The predicted molar refractivity (Wildman–Crippen MR) is 139 cm³/mol. The van der Waals surface area contributed by atoms with Gasteiger partial charge in [0.25, 0.3) is 11.1 Å². The first-order valence-corrected chi connectivity index (χ1v) is 12.6. The summed E-state index contributed by atoms with van der Waals surface area (Å²) in [5.74, 6) is 1.58. The molecule has 2 amide bonds. The first kappa shape index (κ1) is 24.2. The van der Waals surface area contributed by atoms with Crippen molar-refractivity contribution >= 4 is 55.7 Å². The normalized spacial score (nSPS) is 14.8. The molecule has 1 heterocycles. The number of ether oxygens (including phenoxy) is 3. The third-order valence-electron chi connectivity index (χ3n) is 5.11. The van der Waals surface area contributed by atoms with E-state index in [1.807, 2.05) is 62.4 Å². The molecule has 4 rings (SSSR count). The molecular weight excluding hydrogens is 518 g/mol. The monoisotopic (exact) mass is 541 g/mol. The molecule has 0 bridgehead atoms. The smallest absolute Gasteiger partial charge is 0.293 e. The number of nitrogens with zero attached hydrogens (tertiary/aromatic N) is 1. The minimum atomic E-state index is -0.334. The lowest BCUT2D eigenvalue weighted by Crippen LogP contribution is -2.32. The predicted octanol–water partition coefficient (Wildman–Crippen LogP) is 6.52. The van der Waals surface area contributed by atoms with Crippen LogP contribution in [0.5, 0.6) is 17.2 Å². The number of rotatable bonds is 9. The van der Waals surface area contributed by atoms with E-state index in [-0.39, 0.29) is 24.3 Å². The average molecular weight is 542 g/mol. The van der Waals surface area contributed by atoms with Crippen LogP contribution in [0.1, 0.15) is 19.4 Å². The highest BCUT2D eigenvalue weighted by Gasteiger charge is 2.35. The van der Waals surface area contributed by atoms with E-state index >= 15 is 0 Å². The SMILES string of the molecule is CCOc1cc(/C=C2\SC(=O)N(CCOc3cccc4ccccc34)C2=O)cc(Br)c1OCC. The van der Waals surface area contributed by atoms with Gasteiger partial charge in [0.2, 0.25) is 0 Å². The van der Waals surface area contributed by atoms with Gasteiger partial charge >= 0.3 is 0 Å². The van der Waals surface area contributed by atoms with Gasteiger partial charge in [0.1, 0.15) is 12.4 Å². The molecule has 8 heteroatoms. The highest BCUT2D eigenvalue weighted by molar-refractivity contribution is 9.10. The zero-order chi connectivity index (χ0) is 24.1. The number of imide groups is 1. The summed E-state index contributed by atoms with van der Waals surface area (Å²) in [4.78, 5) is 27.0. The fraction of sp³-hybridized carbons (Fsp3) is 0.231. The van der Waals surface area contributed by atoms with Crippen LogP contribution in [0.3, 0.4) is 0 Å². The first-order chi connectivity index (χ1) is 16.5. The van der Waals surface area contributed by atoms with Crippen molar-refractivity contribution in [1.82, 2.24) is 4.90 Å².